The first kappa shape index (κ1) is 11.2. The molecule has 0 spiro atoms. The van der Waals surface area contributed by atoms with Crippen LogP contribution in [-0.2, 0) is 9.47 Å². The van der Waals surface area contributed by atoms with Crippen LogP contribution >= 0.6 is 0 Å². The summed E-state index contributed by atoms with van der Waals surface area (Å²) in [5.41, 5.74) is 0.202. The summed E-state index contributed by atoms with van der Waals surface area (Å²) >= 11 is 0. The Balaban J connectivity index is 1.82. The highest BCUT2D eigenvalue weighted by atomic mass is 28.2. The van der Waals surface area contributed by atoms with Crippen LogP contribution in [0.4, 0.5) is 0 Å². The zero-order chi connectivity index (χ0) is 11.1. The lowest BCUT2D eigenvalue weighted by molar-refractivity contribution is -0.0742. The van der Waals surface area contributed by atoms with Crippen LogP contribution in [0.3, 0.4) is 0 Å². The van der Waals surface area contributed by atoms with Crippen molar-refractivity contribution in [2.75, 3.05) is 6.61 Å². The highest BCUT2D eigenvalue weighted by Crippen LogP contribution is 2.57. The van der Waals surface area contributed by atoms with Crippen molar-refractivity contribution in [1.82, 2.24) is 0 Å². The summed E-state index contributed by atoms with van der Waals surface area (Å²) in [4.78, 5) is 0. The summed E-state index contributed by atoms with van der Waals surface area (Å²) in [5, 5.41) is 0.227. The summed E-state index contributed by atoms with van der Waals surface area (Å²) in [6.07, 6.45) is 9.80. The van der Waals surface area contributed by atoms with E-state index in [-0.39, 0.29) is 20.3 Å². The largest absolute Gasteiger partial charge is 0.376 e. The molecule has 3 aliphatic rings. The van der Waals surface area contributed by atoms with E-state index >= 15 is 0 Å². The maximum atomic E-state index is 6.33. The summed E-state index contributed by atoms with van der Waals surface area (Å²) in [6.45, 7) is 3.33. The Morgan fingerprint density at radius 3 is 2.75 bits per heavy atom. The van der Waals surface area contributed by atoms with Crippen LogP contribution in [0.5, 0.6) is 0 Å². The van der Waals surface area contributed by atoms with E-state index < -0.39 is 0 Å². The molecular weight excluding hydrogens is 216 g/mol. The summed E-state index contributed by atoms with van der Waals surface area (Å²) in [6, 6.07) is 1.36. The molecule has 3 rings (SSSR count). The number of hydrogen-bond acceptors (Lipinski definition) is 2. The van der Waals surface area contributed by atoms with Gasteiger partial charge in [-0.1, -0.05) is 25.8 Å². The van der Waals surface area contributed by atoms with Crippen LogP contribution in [0.15, 0.2) is 0 Å². The molecule has 3 unspecified atom stereocenters. The van der Waals surface area contributed by atoms with Crippen molar-refractivity contribution in [3.63, 3.8) is 0 Å². The fourth-order valence-electron chi connectivity index (χ4n) is 4.08. The molecule has 0 aromatic carbocycles. The lowest BCUT2D eigenvalue weighted by Crippen LogP contribution is -2.56. The fraction of sp³-hybridized carbons (Fsp3) is 1.00. The molecular formula is C13H24O2Si. The molecule has 92 valence electrons. The molecule has 3 fully saturated rings. The van der Waals surface area contributed by atoms with E-state index in [4.69, 9.17) is 9.47 Å². The van der Waals surface area contributed by atoms with E-state index in [1.807, 2.05) is 0 Å². The van der Waals surface area contributed by atoms with Crippen LogP contribution in [0.2, 0.25) is 6.04 Å². The predicted molar refractivity (Wildman–Crippen MR) is 67.6 cm³/mol. The van der Waals surface area contributed by atoms with Gasteiger partial charge in [-0.3, -0.25) is 0 Å². The molecule has 3 heteroatoms. The molecule has 2 saturated heterocycles. The Kier molecular flexibility index (Phi) is 2.89. The summed E-state index contributed by atoms with van der Waals surface area (Å²) in [7, 11) is -0.138. The molecule has 0 N–H and O–H groups in total. The van der Waals surface area contributed by atoms with E-state index in [0.717, 1.165) is 6.61 Å². The smallest absolute Gasteiger partial charge is 0.120 e. The fourth-order valence-corrected chi connectivity index (χ4v) is 6.58. The minimum Gasteiger partial charge on any atom is -0.376 e. The minimum absolute atomic E-state index is 0.138. The van der Waals surface area contributed by atoms with Crippen molar-refractivity contribution in [2.24, 2.45) is 0 Å². The molecule has 0 aromatic rings. The second kappa shape index (κ2) is 4.11. The molecule has 1 saturated carbocycles. The molecule has 2 nitrogen and oxygen atoms in total. The first-order chi connectivity index (χ1) is 7.83. The third-order valence-corrected chi connectivity index (χ3v) is 7.32. The van der Waals surface area contributed by atoms with Gasteiger partial charge in [0.2, 0.25) is 0 Å². The van der Waals surface area contributed by atoms with Gasteiger partial charge in [0.25, 0.3) is 0 Å². The number of ether oxygens (including phenoxy) is 2. The molecule has 3 atom stereocenters. The van der Waals surface area contributed by atoms with Gasteiger partial charge in [0.1, 0.15) is 5.60 Å². The Hall–Kier alpha value is 0.137. The van der Waals surface area contributed by atoms with E-state index in [2.05, 4.69) is 6.92 Å². The Labute approximate surface area is 101 Å². The number of fused-ring (bicyclic) bond motifs is 1. The summed E-state index contributed by atoms with van der Waals surface area (Å²) in [5.74, 6) is 0. The van der Waals surface area contributed by atoms with Crippen LogP contribution in [0, 0.1) is 0 Å². The van der Waals surface area contributed by atoms with Gasteiger partial charge in [-0.2, -0.15) is 0 Å². The second-order valence-electron chi connectivity index (χ2n) is 5.79. The number of epoxide rings is 1. The molecule has 1 aliphatic carbocycles. The molecule has 0 bridgehead atoms. The quantitative estimate of drug-likeness (QED) is 0.557. The van der Waals surface area contributed by atoms with Gasteiger partial charge in [0.05, 0.1) is 20.8 Å². The highest BCUT2D eigenvalue weighted by Gasteiger charge is 2.69. The third kappa shape index (κ3) is 1.51. The van der Waals surface area contributed by atoms with Crippen molar-refractivity contribution >= 4 is 9.52 Å². The van der Waals surface area contributed by atoms with Gasteiger partial charge in [0, 0.05) is 6.61 Å². The molecule has 0 radical (unpaired) electrons. The van der Waals surface area contributed by atoms with Crippen molar-refractivity contribution < 1.29 is 9.47 Å². The van der Waals surface area contributed by atoms with Crippen LogP contribution < -0.4 is 0 Å². The third-order valence-electron chi connectivity index (χ3n) is 4.86. The second-order valence-corrected chi connectivity index (χ2v) is 8.43. The van der Waals surface area contributed by atoms with Gasteiger partial charge in [0.15, 0.2) is 0 Å². The zero-order valence-corrected chi connectivity index (χ0v) is 11.9. The normalized spacial score (nSPS) is 48.2. The zero-order valence-electron chi connectivity index (χ0n) is 10.5. The van der Waals surface area contributed by atoms with Gasteiger partial charge < -0.3 is 9.47 Å². The van der Waals surface area contributed by atoms with Crippen LogP contribution in [0.25, 0.3) is 0 Å². The SMILES string of the molecule is CC[SiH2]C1(C23CCCCC2O3)CCCCO1. The van der Waals surface area contributed by atoms with Gasteiger partial charge in [-0.05, 0) is 32.1 Å². The molecule has 2 heterocycles. The van der Waals surface area contributed by atoms with Gasteiger partial charge in [-0.25, -0.2) is 0 Å². The lowest BCUT2D eigenvalue weighted by atomic mass is 9.81. The molecule has 16 heavy (non-hydrogen) atoms. The van der Waals surface area contributed by atoms with Gasteiger partial charge in [-0.15, -0.1) is 0 Å². The topological polar surface area (TPSA) is 21.8 Å². The maximum absolute atomic E-state index is 6.33. The van der Waals surface area contributed by atoms with E-state index in [9.17, 15) is 0 Å². The summed E-state index contributed by atoms with van der Waals surface area (Å²) < 4.78 is 12.5. The van der Waals surface area contributed by atoms with E-state index in [0.29, 0.717) is 6.10 Å². The Morgan fingerprint density at radius 2 is 2.06 bits per heavy atom. The number of hydrogen-bond donors (Lipinski definition) is 0. The first-order valence-corrected chi connectivity index (χ1v) is 8.85. The average Bonchev–Trinajstić information content (AvgIpc) is 3.06. The minimum atomic E-state index is -0.138. The van der Waals surface area contributed by atoms with E-state index in [1.165, 1.54) is 51.0 Å². The van der Waals surface area contributed by atoms with Gasteiger partial charge >= 0.3 is 0 Å². The monoisotopic (exact) mass is 240 g/mol. The van der Waals surface area contributed by atoms with E-state index in [1.54, 1.807) is 0 Å². The van der Waals surface area contributed by atoms with Crippen molar-refractivity contribution in [1.29, 1.82) is 0 Å². The average molecular weight is 240 g/mol. The Morgan fingerprint density at radius 1 is 1.19 bits per heavy atom. The molecule has 0 aromatic heterocycles. The van der Waals surface area contributed by atoms with Crippen LogP contribution in [0.1, 0.15) is 51.9 Å². The number of rotatable bonds is 3. The molecule has 0 amide bonds. The van der Waals surface area contributed by atoms with Crippen LogP contribution in [-0.4, -0.2) is 33.1 Å². The molecule has 2 aliphatic heterocycles. The highest BCUT2D eigenvalue weighted by molar-refractivity contribution is 6.40. The maximum Gasteiger partial charge on any atom is 0.120 e. The van der Waals surface area contributed by atoms with Crippen molar-refractivity contribution in [2.45, 2.75) is 74.8 Å². The standard InChI is InChI=1S/C13H24O2Si/c1-2-16-13(9-5-6-10-14-13)12-8-4-3-7-11(12)15-12/h11H,2-10,16H2,1H3. The predicted octanol–water partition coefficient (Wildman–Crippen LogP) is 2.20. The first-order valence-electron chi connectivity index (χ1n) is 7.15. The van der Waals surface area contributed by atoms with Crippen molar-refractivity contribution in [3.05, 3.63) is 0 Å². The Bertz CT molecular complexity index is 257. The lowest BCUT2D eigenvalue weighted by Gasteiger charge is -2.43. The van der Waals surface area contributed by atoms with Crippen molar-refractivity contribution in [3.8, 4) is 0 Å².